The van der Waals surface area contributed by atoms with Gasteiger partial charge in [0.15, 0.2) is 0 Å². The second kappa shape index (κ2) is 8.28. The molecule has 0 aliphatic carbocycles. The van der Waals surface area contributed by atoms with Crippen molar-refractivity contribution in [2.75, 3.05) is 13.6 Å². The van der Waals surface area contributed by atoms with Crippen LogP contribution in [0.2, 0.25) is 0 Å². The Morgan fingerprint density at radius 2 is 1.69 bits per heavy atom. The van der Waals surface area contributed by atoms with Crippen LogP contribution in [0.1, 0.15) is 50.8 Å². The summed E-state index contributed by atoms with van der Waals surface area (Å²) >= 11 is 0. The summed E-state index contributed by atoms with van der Waals surface area (Å²) in [6, 6.07) is 0. The van der Waals surface area contributed by atoms with Crippen LogP contribution in [-0.2, 0) is 12.8 Å². The van der Waals surface area contributed by atoms with Crippen molar-refractivity contribution in [2.24, 2.45) is 0 Å². The van der Waals surface area contributed by atoms with E-state index in [2.05, 4.69) is 22.4 Å². The number of likely N-dealkylation sites (N-methyl/N-ethyl adjacent to an activating group) is 1. The van der Waals surface area contributed by atoms with E-state index in [1.807, 2.05) is 7.05 Å². The zero-order valence-electron chi connectivity index (χ0n) is 10.5. The monoisotopic (exact) mass is 225 g/mol. The quantitative estimate of drug-likeness (QED) is 0.655. The summed E-state index contributed by atoms with van der Waals surface area (Å²) in [6.07, 6.45) is 8.11. The van der Waals surface area contributed by atoms with E-state index in [-0.39, 0.29) is 0 Å². The molecule has 0 spiro atoms. The summed E-state index contributed by atoms with van der Waals surface area (Å²) in [7, 11) is 1.92. The fraction of sp³-hybridized carbons (Fsp3) is 0.833. The zero-order valence-corrected chi connectivity index (χ0v) is 10.5. The van der Waals surface area contributed by atoms with Crippen LogP contribution < -0.4 is 5.32 Å². The molecule has 0 bridgehead atoms. The standard InChI is InChI=1S/C12H23N3O/c1-3-4-5-6-7-8-11-14-15-12(16-11)9-10-13-2/h13H,3-10H2,1-2H3. The van der Waals surface area contributed by atoms with E-state index in [9.17, 15) is 0 Å². The van der Waals surface area contributed by atoms with Crippen LogP contribution in [0.4, 0.5) is 0 Å². The van der Waals surface area contributed by atoms with Crippen LogP contribution in [0.3, 0.4) is 0 Å². The van der Waals surface area contributed by atoms with Crippen molar-refractivity contribution in [2.45, 2.75) is 51.9 Å². The summed E-state index contributed by atoms with van der Waals surface area (Å²) < 4.78 is 5.53. The highest BCUT2D eigenvalue weighted by molar-refractivity contribution is 4.82. The number of unbranched alkanes of at least 4 members (excludes halogenated alkanes) is 4. The molecule has 1 heterocycles. The van der Waals surface area contributed by atoms with Gasteiger partial charge in [-0.05, 0) is 13.5 Å². The first-order valence-corrected chi connectivity index (χ1v) is 6.32. The SMILES string of the molecule is CCCCCCCc1nnc(CCNC)o1. The van der Waals surface area contributed by atoms with Crippen LogP contribution in [0, 0.1) is 0 Å². The summed E-state index contributed by atoms with van der Waals surface area (Å²) in [5.41, 5.74) is 0. The first-order chi connectivity index (χ1) is 7.86. The minimum Gasteiger partial charge on any atom is -0.425 e. The molecular weight excluding hydrogens is 202 g/mol. The van der Waals surface area contributed by atoms with Crippen molar-refractivity contribution in [3.05, 3.63) is 11.8 Å². The first-order valence-electron chi connectivity index (χ1n) is 6.32. The molecule has 1 aromatic heterocycles. The Bertz CT molecular complexity index is 273. The third-order valence-corrected chi connectivity index (χ3v) is 2.59. The number of hydrogen-bond donors (Lipinski definition) is 1. The molecule has 4 heteroatoms. The van der Waals surface area contributed by atoms with Crippen LogP contribution in [0.5, 0.6) is 0 Å². The molecule has 0 saturated heterocycles. The molecule has 1 aromatic rings. The Balaban J connectivity index is 2.14. The lowest BCUT2D eigenvalue weighted by Crippen LogP contribution is -2.10. The highest BCUT2D eigenvalue weighted by Gasteiger charge is 2.04. The third kappa shape index (κ3) is 5.26. The van der Waals surface area contributed by atoms with E-state index in [1.165, 1.54) is 25.7 Å². The number of aromatic nitrogens is 2. The van der Waals surface area contributed by atoms with Gasteiger partial charge < -0.3 is 9.73 Å². The van der Waals surface area contributed by atoms with E-state index in [0.29, 0.717) is 0 Å². The van der Waals surface area contributed by atoms with E-state index >= 15 is 0 Å². The van der Waals surface area contributed by atoms with E-state index in [0.717, 1.165) is 37.6 Å². The molecule has 0 radical (unpaired) electrons. The van der Waals surface area contributed by atoms with Gasteiger partial charge in [-0.1, -0.05) is 32.6 Å². The molecular formula is C12H23N3O. The van der Waals surface area contributed by atoms with Crippen molar-refractivity contribution < 1.29 is 4.42 Å². The molecule has 0 fully saturated rings. The summed E-state index contributed by atoms with van der Waals surface area (Å²) in [4.78, 5) is 0. The summed E-state index contributed by atoms with van der Waals surface area (Å²) in [6.45, 7) is 3.12. The maximum atomic E-state index is 5.53. The molecule has 92 valence electrons. The summed E-state index contributed by atoms with van der Waals surface area (Å²) in [5, 5.41) is 11.1. The molecule has 0 atom stereocenters. The minimum atomic E-state index is 0.748. The lowest BCUT2D eigenvalue weighted by atomic mass is 10.1. The lowest BCUT2D eigenvalue weighted by Gasteiger charge is -1.96. The third-order valence-electron chi connectivity index (χ3n) is 2.59. The average molecular weight is 225 g/mol. The van der Waals surface area contributed by atoms with Crippen molar-refractivity contribution in [1.29, 1.82) is 0 Å². The number of aryl methyl sites for hydroxylation is 1. The predicted octanol–water partition coefficient (Wildman–Crippen LogP) is 2.34. The highest BCUT2D eigenvalue weighted by atomic mass is 16.4. The van der Waals surface area contributed by atoms with Crippen LogP contribution in [0.25, 0.3) is 0 Å². The molecule has 0 aliphatic rings. The first kappa shape index (κ1) is 13.2. The second-order valence-corrected chi connectivity index (χ2v) is 4.11. The maximum absolute atomic E-state index is 5.53. The Kier molecular flexibility index (Phi) is 6.81. The van der Waals surface area contributed by atoms with Gasteiger partial charge in [-0.3, -0.25) is 0 Å². The van der Waals surface area contributed by atoms with Gasteiger partial charge in [0, 0.05) is 19.4 Å². The van der Waals surface area contributed by atoms with Gasteiger partial charge in [-0.25, -0.2) is 0 Å². The molecule has 0 aromatic carbocycles. The molecule has 0 aliphatic heterocycles. The number of hydrogen-bond acceptors (Lipinski definition) is 4. The summed E-state index contributed by atoms with van der Waals surface area (Å²) in [5.74, 6) is 1.54. The van der Waals surface area contributed by atoms with E-state index in [1.54, 1.807) is 0 Å². The smallest absolute Gasteiger partial charge is 0.217 e. The Morgan fingerprint density at radius 1 is 1.00 bits per heavy atom. The van der Waals surface area contributed by atoms with Crippen LogP contribution in [-0.4, -0.2) is 23.8 Å². The normalized spacial score (nSPS) is 10.9. The van der Waals surface area contributed by atoms with Crippen molar-refractivity contribution >= 4 is 0 Å². The molecule has 1 rings (SSSR count). The molecule has 0 unspecified atom stereocenters. The Labute approximate surface area is 97.8 Å². The van der Waals surface area contributed by atoms with E-state index in [4.69, 9.17) is 4.42 Å². The maximum Gasteiger partial charge on any atom is 0.217 e. The van der Waals surface area contributed by atoms with Crippen LogP contribution in [0.15, 0.2) is 4.42 Å². The van der Waals surface area contributed by atoms with E-state index < -0.39 is 0 Å². The predicted molar refractivity (Wildman–Crippen MR) is 64.4 cm³/mol. The molecule has 4 nitrogen and oxygen atoms in total. The fourth-order valence-electron chi connectivity index (χ4n) is 1.60. The minimum absolute atomic E-state index is 0.748. The number of rotatable bonds is 9. The number of nitrogens with one attached hydrogen (secondary N) is 1. The molecule has 16 heavy (non-hydrogen) atoms. The van der Waals surface area contributed by atoms with Crippen molar-refractivity contribution in [1.82, 2.24) is 15.5 Å². The van der Waals surface area contributed by atoms with Gasteiger partial charge in [0.1, 0.15) is 0 Å². The van der Waals surface area contributed by atoms with Crippen molar-refractivity contribution in [3.8, 4) is 0 Å². The molecule has 0 saturated carbocycles. The molecule has 0 amide bonds. The Hall–Kier alpha value is -0.900. The number of nitrogens with zero attached hydrogens (tertiary/aromatic N) is 2. The van der Waals surface area contributed by atoms with Gasteiger partial charge in [-0.2, -0.15) is 0 Å². The van der Waals surface area contributed by atoms with Gasteiger partial charge in [-0.15, -0.1) is 10.2 Å². The molecule has 1 N–H and O–H groups in total. The second-order valence-electron chi connectivity index (χ2n) is 4.11. The van der Waals surface area contributed by atoms with Crippen molar-refractivity contribution in [3.63, 3.8) is 0 Å². The van der Waals surface area contributed by atoms with Gasteiger partial charge in [0.2, 0.25) is 11.8 Å². The van der Waals surface area contributed by atoms with Gasteiger partial charge >= 0.3 is 0 Å². The van der Waals surface area contributed by atoms with Gasteiger partial charge in [0.25, 0.3) is 0 Å². The lowest BCUT2D eigenvalue weighted by molar-refractivity contribution is 0.437. The average Bonchev–Trinajstić information content (AvgIpc) is 2.74. The largest absolute Gasteiger partial charge is 0.425 e. The zero-order chi connectivity index (χ0) is 11.6. The van der Waals surface area contributed by atoms with Gasteiger partial charge in [0.05, 0.1) is 0 Å². The highest BCUT2D eigenvalue weighted by Crippen LogP contribution is 2.08. The Morgan fingerprint density at radius 3 is 2.38 bits per heavy atom. The van der Waals surface area contributed by atoms with Crippen LogP contribution >= 0.6 is 0 Å². The fourth-order valence-corrected chi connectivity index (χ4v) is 1.60. The topological polar surface area (TPSA) is 51.0 Å².